The Morgan fingerprint density at radius 2 is 1.74 bits per heavy atom. The Labute approximate surface area is 120 Å². The van der Waals surface area contributed by atoms with E-state index < -0.39 is 0 Å². The third kappa shape index (κ3) is 4.19. The molecule has 0 aliphatic heterocycles. The maximum Gasteiger partial charge on any atom is 0.00956 e. The second-order valence-corrected chi connectivity index (χ2v) is 7.50. The van der Waals surface area contributed by atoms with Gasteiger partial charge in [0, 0.05) is 25.7 Å². The van der Waals surface area contributed by atoms with E-state index in [0.29, 0.717) is 5.41 Å². The largest absolute Gasteiger partial charge is 0.319 e. The van der Waals surface area contributed by atoms with Gasteiger partial charge in [-0.2, -0.15) is 0 Å². The maximum atomic E-state index is 3.47. The molecule has 2 aliphatic carbocycles. The molecule has 2 heteroatoms. The summed E-state index contributed by atoms with van der Waals surface area (Å²) in [5.41, 5.74) is 0.576. The normalized spacial score (nSPS) is 23.8. The van der Waals surface area contributed by atoms with Crippen molar-refractivity contribution in [2.45, 2.75) is 71.3 Å². The summed E-state index contributed by atoms with van der Waals surface area (Å²) < 4.78 is 0. The lowest BCUT2D eigenvalue weighted by Crippen LogP contribution is -2.46. The molecule has 2 aliphatic rings. The molecule has 0 amide bonds. The van der Waals surface area contributed by atoms with Gasteiger partial charge in [-0.05, 0) is 44.1 Å². The Hall–Kier alpha value is -0.0800. The van der Waals surface area contributed by atoms with Gasteiger partial charge in [-0.3, -0.25) is 4.90 Å². The highest BCUT2D eigenvalue weighted by molar-refractivity contribution is 4.91. The highest BCUT2D eigenvalue weighted by Gasteiger charge is 2.37. The van der Waals surface area contributed by atoms with Gasteiger partial charge in [0.05, 0.1) is 0 Å². The molecule has 0 heterocycles. The van der Waals surface area contributed by atoms with E-state index in [2.05, 4.69) is 31.1 Å². The van der Waals surface area contributed by atoms with E-state index in [1.165, 1.54) is 71.0 Å². The second-order valence-electron chi connectivity index (χ2n) is 7.50. The summed E-state index contributed by atoms with van der Waals surface area (Å²) in [6.45, 7) is 8.61. The molecule has 0 spiro atoms. The van der Waals surface area contributed by atoms with Gasteiger partial charge in [0.15, 0.2) is 0 Å². The minimum atomic E-state index is 0.576. The summed E-state index contributed by atoms with van der Waals surface area (Å²) in [6, 6.07) is 0.886. The van der Waals surface area contributed by atoms with E-state index in [0.717, 1.165) is 12.0 Å². The van der Waals surface area contributed by atoms with Gasteiger partial charge in [-0.15, -0.1) is 0 Å². The van der Waals surface area contributed by atoms with Gasteiger partial charge in [0.1, 0.15) is 0 Å². The van der Waals surface area contributed by atoms with Crippen LogP contribution in [0.2, 0.25) is 0 Å². The van der Waals surface area contributed by atoms with Crippen LogP contribution in [0, 0.1) is 11.3 Å². The number of hydrogen-bond acceptors (Lipinski definition) is 2. The molecule has 2 fully saturated rings. The first-order valence-electron chi connectivity index (χ1n) is 8.54. The first kappa shape index (κ1) is 15.3. The molecular formula is C17H34N2. The van der Waals surface area contributed by atoms with Crippen molar-refractivity contribution in [3.8, 4) is 0 Å². The van der Waals surface area contributed by atoms with E-state index in [-0.39, 0.29) is 0 Å². The fourth-order valence-corrected chi connectivity index (χ4v) is 4.40. The zero-order valence-corrected chi connectivity index (χ0v) is 13.4. The summed E-state index contributed by atoms with van der Waals surface area (Å²) in [4.78, 5) is 2.86. The predicted octanol–water partition coefficient (Wildman–Crippen LogP) is 3.67. The molecule has 2 rings (SSSR count). The van der Waals surface area contributed by atoms with Crippen molar-refractivity contribution < 1.29 is 0 Å². The van der Waals surface area contributed by atoms with Crippen molar-refractivity contribution in [3.63, 3.8) is 0 Å². The number of rotatable bonds is 7. The highest BCUT2D eigenvalue weighted by Crippen LogP contribution is 2.39. The Balaban J connectivity index is 2.00. The van der Waals surface area contributed by atoms with Crippen LogP contribution in [0.5, 0.6) is 0 Å². The fourth-order valence-electron chi connectivity index (χ4n) is 4.40. The first-order chi connectivity index (χ1) is 9.15. The summed E-state index contributed by atoms with van der Waals surface area (Å²) in [5.74, 6) is 0.800. The first-order valence-corrected chi connectivity index (χ1v) is 8.54. The summed E-state index contributed by atoms with van der Waals surface area (Å²) in [7, 11) is 2.13. The molecule has 0 unspecified atom stereocenters. The van der Waals surface area contributed by atoms with Gasteiger partial charge >= 0.3 is 0 Å². The lowest BCUT2D eigenvalue weighted by molar-refractivity contribution is 0.0991. The lowest BCUT2D eigenvalue weighted by atomic mass is 9.84. The summed E-state index contributed by atoms with van der Waals surface area (Å²) >= 11 is 0. The second kappa shape index (κ2) is 7.08. The molecule has 2 nitrogen and oxygen atoms in total. The zero-order valence-electron chi connectivity index (χ0n) is 13.4. The zero-order chi connectivity index (χ0) is 13.7. The third-order valence-electron chi connectivity index (χ3n) is 5.20. The minimum absolute atomic E-state index is 0.576. The molecule has 0 aromatic carbocycles. The van der Waals surface area contributed by atoms with Gasteiger partial charge in [0.2, 0.25) is 0 Å². The molecule has 2 saturated carbocycles. The van der Waals surface area contributed by atoms with Gasteiger partial charge in [-0.1, -0.05) is 39.5 Å². The molecule has 0 atom stereocenters. The quantitative estimate of drug-likeness (QED) is 0.756. The summed E-state index contributed by atoms with van der Waals surface area (Å²) in [6.07, 6.45) is 11.6. The molecule has 0 bridgehead atoms. The minimum Gasteiger partial charge on any atom is -0.319 e. The SMILES string of the molecule is CNCC1(CN(CC(C)C)C2CCCC2)CCCC1. The van der Waals surface area contributed by atoms with Crippen molar-refractivity contribution in [1.29, 1.82) is 0 Å². The molecule has 19 heavy (non-hydrogen) atoms. The highest BCUT2D eigenvalue weighted by atomic mass is 15.2. The van der Waals surface area contributed by atoms with Crippen molar-refractivity contribution in [3.05, 3.63) is 0 Å². The molecule has 0 radical (unpaired) electrons. The van der Waals surface area contributed by atoms with Gasteiger partial charge in [-0.25, -0.2) is 0 Å². The van der Waals surface area contributed by atoms with Crippen molar-refractivity contribution >= 4 is 0 Å². The molecule has 1 N–H and O–H groups in total. The van der Waals surface area contributed by atoms with E-state index in [1.54, 1.807) is 0 Å². The van der Waals surface area contributed by atoms with Crippen LogP contribution in [0.4, 0.5) is 0 Å². The molecule has 0 aromatic rings. The van der Waals surface area contributed by atoms with Crippen LogP contribution in [0.15, 0.2) is 0 Å². The summed E-state index contributed by atoms with van der Waals surface area (Å²) in [5, 5.41) is 3.47. The van der Waals surface area contributed by atoms with Crippen LogP contribution >= 0.6 is 0 Å². The van der Waals surface area contributed by atoms with Crippen LogP contribution in [0.1, 0.15) is 65.2 Å². The Morgan fingerprint density at radius 1 is 1.11 bits per heavy atom. The van der Waals surface area contributed by atoms with E-state index >= 15 is 0 Å². The van der Waals surface area contributed by atoms with Gasteiger partial charge < -0.3 is 5.32 Å². The molecular weight excluding hydrogens is 232 g/mol. The van der Waals surface area contributed by atoms with Gasteiger partial charge in [0.25, 0.3) is 0 Å². The molecule has 0 saturated heterocycles. The van der Waals surface area contributed by atoms with Crippen LogP contribution in [-0.4, -0.2) is 37.6 Å². The van der Waals surface area contributed by atoms with E-state index in [4.69, 9.17) is 0 Å². The molecule has 0 aromatic heterocycles. The number of hydrogen-bond donors (Lipinski definition) is 1. The predicted molar refractivity (Wildman–Crippen MR) is 83.5 cm³/mol. The lowest BCUT2D eigenvalue weighted by Gasteiger charge is -2.39. The smallest absolute Gasteiger partial charge is 0.00956 e. The van der Waals surface area contributed by atoms with Crippen LogP contribution < -0.4 is 5.32 Å². The number of nitrogens with zero attached hydrogens (tertiary/aromatic N) is 1. The fraction of sp³-hybridized carbons (Fsp3) is 1.00. The van der Waals surface area contributed by atoms with Crippen LogP contribution in [0.3, 0.4) is 0 Å². The van der Waals surface area contributed by atoms with E-state index in [9.17, 15) is 0 Å². The Kier molecular flexibility index (Phi) is 5.70. The average molecular weight is 266 g/mol. The standard InChI is InChI=1S/C17H34N2/c1-15(2)12-19(16-8-4-5-9-16)14-17(13-18-3)10-6-7-11-17/h15-16,18H,4-14H2,1-3H3. The number of nitrogens with one attached hydrogen (secondary N) is 1. The van der Waals surface area contributed by atoms with E-state index in [1.807, 2.05) is 0 Å². The maximum absolute atomic E-state index is 3.47. The Morgan fingerprint density at radius 3 is 2.26 bits per heavy atom. The topological polar surface area (TPSA) is 15.3 Å². The van der Waals surface area contributed by atoms with Crippen molar-refractivity contribution in [1.82, 2.24) is 10.2 Å². The molecule has 112 valence electrons. The third-order valence-corrected chi connectivity index (χ3v) is 5.20. The monoisotopic (exact) mass is 266 g/mol. The van der Waals surface area contributed by atoms with Crippen molar-refractivity contribution in [2.75, 3.05) is 26.7 Å². The Bertz CT molecular complexity index is 250. The van der Waals surface area contributed by atoms with Crippen LogP contribution in [-0.2, 0) is 0 Å². The van der Waals surface area contributed by atoms with Crippen molar-refractivity contribution in [2.24, 2.45) is 11.3 Å². The van der Waals surface area contributed by atoms with Crippen LogP contribution in [0.25, 0.3) is 0 Å². The average Bonchev–Trinajstić information content (AvgIpc) is 2.99.